The van der Waals surface area contributed by atoms with Crippen LogP contribution >= 0.6 is 0 Å². The fourth-order valence-corrected chi connectivity index (χ4v) is 2.24. The Morgan fingerprint density at radius 1 is 1.48 bits per heavy atom. The second-order valence-electron chi connectivity index (χ2n) is 5.29. The smallest absolute Gasteiger partial charge is 0.264 e. The minimum Gasteiger partial charge on any atom is -0.382 e. The van der Waals surface area contributed by atoms with Gasteiger partial charge in [-0.2, -0.15) is 0 Å². The van der Waals surface area contributed by atoms with Crippen molar-refractivity contribution in [1.82, 2.24) is 20.1 Å². The van der Waals surface area contributed by atoms with Gasteiger partial charge in [-0.25, -0.2) is 4.39 Å². The molecule has 7 nitrogen and oxygen atoms in total. The van der Waals surface area contributed by atoms with Crippen molar-refractivity contribution in [1.29, 1.82) is 0 Å². The van der Waals surface area contributed by atoms with Gasteiger partial charge in [-0.15, -0.1) is 10.2 Å². The highest BCUT2D eigenvalue weighted by Gasteiger charge is 2.29. The molecule has 0 aliphatic carbocycles. The van der Waals surface area contributed by atoms with E-state index in [-0.39, 0.29) is 18.3 Å². The van der Waals surface area contributed by atoms with Gasteiger partial charge >= 0.3 is 0 Å². The summed E-state index contributed by atoms with van der Waals surface area (Å²) in [7, 11) is 1.83. The average molecular weight is 317 g/mol. The van der Waals surface area contributed by atoms with Gasteiger partial charge in [0.2, 0.25) is 6.10 Å². The Morgan fingerprint density at radius 2 is 2.30 bits per heavy atom. The van der Waals surface area contributed by atoms with Gasteiger partial charge < -0.3 is 14.7 Å². The van der Waals surface area contributed by atoms with Gasteiger partial charge in [-0.05, 0) is 19.1 Å². The maximum absolute atomic E-state index is 13.2. The van der Waals surface area contributed by atoms with Crippen molar-refractivity contribution in [2.45, 2.75) is 26.0 Å². The normalized spacial score (nSPS) is 16.8. The minimum absolute atomic E-state index is 0.255. The van der Waals surface area contributed by atoms with E-state index in [0.717, 1.165) is 5.82 Å². The number of halogens is 1. The molecule has 120 valence electrons. The van der Waals surface area contributed by atoms with Crippen molar-refractivity contribution < 1.29 is 14.0 Å². The molecule has 2 aromatic rings. The number of aryl methyl sites for hydroxylation is 1. The molecule has 1 atom stereocenters. The zero-order valence-electron chi connectivity index (χ0n) is 12.8. The van der Waals surface area contributed by atoms with E-state index in [1.807, 2.05) is 14.0 Å². The maximum atomic E-state index is 13.2. The van der Waals surface area contributed by atoms with Crippen molar-refractivity contribution in [2.75, 3.05) is 0 Å². The van der Waals surface area contributed by atoms with E-state index < -0.39 is 6.10 Å². The van der Waals surface area contributed by atoms with Crippen LogP contribution in [0.5, 0.6) is 0 Å². The van der Waals surface area contributed by atoms with E-state index in [9.17, 15) is 9.18 Å². The largest absolute Gasteiger partial charge is 0.382 e. The number of carbonyl (C=O) groups excluding carboxylic acids is 1. The second-order valence-corrected chi connectivity index (χ2v) is 5.29. The highest BCUT2D eigenvalue weighted by atomic mass is 19.1. The van der Waals surface area contributed by atoms with E-state index in [1.54, 1.807) is 16.7 Å². The zero-order valence-corrected chi connectivity index (χ0v) is 12.8. The first-order valence-corrected chi connectivity index (χ1v) is 7.16. The fraction of sp³-hybridized carbons (Fsp3) is 0.333. The van der Waals surface area contributed by atoms with Gasteiger partial charge in [-0.3, -0.25) is 4.79 Å². The van der Waals surface area contributed by atoms with Crippen LogP contribution in [0.4, 0.5) is 4.39 Å². The van der Waals surface area contributed by atoms with Gasteiger partial charge in [0.25, 0.3) is 5.91 Å². The Kier molecular flexibility index (Phi) is 4.05. The minimum atomic E-state index is -0.720. The number of nitrogens with zero attached hydrogens (tertiary/aromatic N) is 4. The number of nitrogens with one attached hydrogen (secondary N) is 1. The summed E-state index contributed by atoms with van der Waals surface area (Å²) in [6.07, 6.45) is -0.421. The number of benzene rings is 1. The first-order chi connectivity index (χ1) is 11.0. The van der Waals surface area contributed by atoms with Crippen LogP contribution in [0, 0.1) is 12.7 Å². The molecule has 1 aliphatic rings. The standard InChI is InChI=1S/C15H16FN5O2/c1-9-18-19-14(21(9)2)8-17-15(22)13-7-12(20-23-13)10-4-3-5-11(16)6-10/h3-6,13H,7-8H2,1-2H3,(H,17,22)/t13-/m0/s1. The summed E-state index contributed by atoms with van der Waals surface area (Å²) in [5.41, 5.74) is 1.17. The highest BCUT2D eigenvalue weighted by Crippen LogP contribution is 2.17. The lowest BCUT2D eigenvalue weighted by molar-refractivity contribution is -0.131. The van der Waals surface area contributed by atoms with Crippen LogP contribution in [-0.4, -0.2) is 32.5 Å². The Morgan fingerprint density at radius 3 is 3.00 bits per heavy atom. The molecule has 2 heterocycles. The lowest BCUT2D eigenvalue weighted by Crippen LogP contribution is -2.35. The molecule has 0 bridgehead atoms. The summed E-state index contributed by atoms with van der Waals surface area (Å²) < 4.78 is 15.0. The van der Waals surface area contributed by atoms with Crippen LogP contribution in [0.2, 0.25) is 0 Å². The molecule has 0 unspecified atom stereocenters. The third-order valence-electron chi connectivity index (χ3n) is 3.72. The van der Waals surface area contributed by atoms with Crippen molar-refractivity contribution in [3.63, 3.8) is 0 Å². The van der Waals surface area contributed by atoms with Crippen LogP contribution in [0.1, 0.15) is 23.6 Å². The molecule has 0 spiro atoms. The number of hydrogen-bond donors (Lipinski definition) is 1. The predicted molar refractivity (Wildman–Crippen MR) is 80.0 cm³/mol. The summed E-state index contributed by atoms with van der Waals surface area (Å²) in [6.45, 7) is 2.09. The van der Waals surface area contributed by atoms with E-state index in [4.69, 9.17) is 4.84 Å². The van der Waals surface area contributed by atoms with Gasteiger partial charge in [-0.1, -0.05) is 17.3 Å². The highest BCUT2D eigenvalue weighted by molar-refractivity contribution is 6.04. The average Bonchev–Trinajstić information content (AvgIpc) is 3.14. The number of rotatable bonds is 4. The number of carbonyl (C=O) groups is 1. The monoisotopic (exact) mass is 317 g/mol. The van der Waals surface area contributed by atoms with Crippen molar-refractivity contribution in [3.8, 4) is 0 Å². The van der Waals surface area contributed by atoms with Crippen LogP contribution in [0.15, 0.2) is 29.4 Å². The van der Waals surface area contributed by atoms with E-state index in [0.29, 0.717) is 23.5 Å². The van der Waals surface area contributed by atoms with E-state index in [1.165, 1.54) is 12.1 Å². The summed E-state index contributed by atoms with van der Waals surface area (Å²) in [4.78, 5) is 17.3. The molecule has 1 N–H and O–H groups in total. The SMILES string of the molecule is Cc1nnc(CNC(=O)[C@@H]2CC(c3cccc(F)c3)=NO2)n1C. The predicted octanol–water partition coefficient (Wildman–Crippen LogP) is 1.07. The second kappa shape index (κ2) is 6.15. The first-order valence-electron chi connectivity index (χ1n) is 7.16. The fourth-order valence-electron chi connectivity index (χ4n) is 2.24. The van der Waals surface area contributed by atoms with Gasteiger partial charge in [0.1, 0.15) is 11.6 Å². The molecular formula is C15H16FN5O2. The molecule has 0 saturated carbocycles. The number of amides is 1. The van der Waals surface area contributed by atoms with Crippen molar-refractivity contribution >= 4 is 11.6 Å². The van der Waals surface area contributed by atoms with Crippen molar-refractivity contribution in [3.05, 3.63) is 47.3 Å². The molecular weight excluding hydrogens is 301 g/mol. The quantitative estimate of drug-likeness (QED) is 0.914. The molecule has 0 fully saturated rings. The molecule has 1 amide bonds. The van der Waals surface area contributed by atoms with Crippen LogP contribution < -0.4 is 5.32 Å². The molecule has 1 aromatic heterocycles. The van der Waals surface area contributed by atoms with Gasteiger partial charge in [0.05, 0.1) is 12.3 Å². The number of oxime groups is 1. The zero-order chi connectivity index (χ0) is 16.4. The molecule has 0 radical (unpaired) electrons. The Labute approximate surface area is 132 Å². The van der Waals surface area contributed by atoms with Crippen LogP contribution in [-0.2, 0) is 23.2 Å². The topological polar surface area (TPSA) is 81.4 Å². The molecule has 0 saturated heterocycles. The maximum Gasteiger partial charge on any atom is 0.264 e. The first kappa shape index (κ1) is 15.1. The van der Waals surface area contributed by atoms with Gasteiger partial charge in [0, 0.05) is 19.0 Å². The Balaban J connectivity index is 1.57. The summed E-state index contributed by atoms with van der Waals surface area (Å²) in [5.74, 6) is 0.778. The summed E-state index contributed by atoms with van der Waals surface area (Å²) in [5, 5.41) is 14.5. The molecule has 8 heteroatoms. The van der Waals surface area contributed by atoms with Crippen molar-refractivity contribution in [2.24, 2.45) is 12.2 Å². The van der Waals surface area contributed by atoms with Crippen LogP contribution in [0.3, 0.4) is 0 Å². The van der Waals surface area contributed by atoms with Gasteiger partial charge in [0.15, 0.2) is 5.82 Å². The Bertz CT molecular complexity index is 771. The van der Waals surface area contributed by atoms with E-state index in [2.05, 4.69) is 20.7 Å². The Hall–Kier alpha value is -2.77. The van der Waals surface area contributed by atoms with Crippen LogP contribution in [0.25, 0.3) is 0 Å². The lowest BCUT2D eigenvalue weighted by Gasteiger charge is -2.09. The van der Waals surface area contributed by atoms with E-state index >= 15 is 0 Å². The summed E-state index contributed by atoms with van der Waals surface area (Å²) in [6, 6.07) is 6.04. The third-order valence-corrected chi connectivity index (χ3v) is 3.72. The summed E-state index contributed by atoms with van der Waals surface area (Å²) >= 11 is 0. The number of aromatic nitrogens is 3. The third kappa shape index (κ3) is 3.20. The lowest BCUT2D eigenvalue weighted by atomic mass is 10.0. The number of hydrogen-bond acceptors (Lipinski definition) is 5. The molecule has 23 heavy (non-hydrogen) atoms. The molecule has 1 aliphatic heterocycles. The molecule has 1 aromatic carbocycles. The molecule has 3 rings (SSSR count).